The van der Waals surface area contributed by atoms with Crippen LogP contribution >= 0.6 is 0 Å². The van der Waals surface area contributed by atoms with E-state index < -0.39 is 5.97 Å². The van der Waals surface area contributed by atoms with Gasteiger partial charge in [0, 0.05) is 19.5 Å². The molecular weight excluding hydrogens is 226 g/mol. The van der Waals surface area contributed by atoms with Crippen molar-refractivity contribution in [1.29, 1.82) is 0 Å². The van der Waals surface area contributed by atoms with Crippen LogP contribution in [0.1, 0.15) is 44.6 Å². The fraction of sp³-hybridized carbons (Fsp3) is 0.533. The summed E-state index contributed by atoms with van der Waals surface area (Å²) in [6.07, 6.45) is 6.99. The van der Waals surface area contributed by atoms with Crippen LogP contribution in [0, 0.1) is 0 Å². The molecule has 3 nitrogen and oxygen atoms in total. The molecule has 0 spiro atoms. The summed E-state index contributed by atoms with van der Waals surface area (Å²) in [4.78, 5) is 9.00. The van der Waals surface area contributed by atoms with Gasteiger partial charge in [0.05, 0.1) is 0 Å². The average molecular weight is 249 g/mol. The van der Waals surface area contributed by atoms with Gasteiger partial charge in [0.15, 0.2) is 0 Å². The van der Waals surface area contributed by atoms with Crippen molar-refractivity contribution < 1.29 is 9.90 Å². The molecule has 0 aromatic heterocycles. The first-order valence-electron chi connectivity index (χ1n) is 6.65. The summed E-state index contributed by atoms with van der Waals surface area (Å²) in [5, 5.41) is 11.1. The number of nitrogens with one attached hydrogen (secondary N) is 1. The zero-order valence-corrected chi connectivity index (χ0v) is 11.1. The van der Waals surface area contributed by atoms with Crippen LogP contribution in [-0.2, 0) is 11.3 Å². The second-order valence-electron chi connectivity index (χ2n) is 4.72. The molecule has 0 radical (unpaired) electrons. The number of rotatable bonds is 3. The lowest BCUT2D eigenvalue weighted by atomic mass is 9.95. The maximum atomic E-state index is 9.00. The molecule has 1 aromatic carbocycles. The van der Waals surface area contributed by atoms with Gasteiger partial charge in [-0.2, -0.15) is 0 Å². The van der Waals surface area contributed by atoms with Crippen molar-refractivity contribution in [2.75, 3.05) is 0 Å². The molecule has 1 fully saturated rings. The Bertz CT molecular complexity index is 328. The zero-order chi connectivity index (χ0) is 13.2. The molecule has 1 aromatic rings. The minimum Gasteiger partial charge on any atom is -0.481 e. The van der Waals surface area contributed by atoms with Gasteiger partial charge in [-0.3, -0.25) is 4.79 Å². The molecule has 0 saturated heterocycles. The van der Waals surface area contributed by atoms with E-state index in [1.807, 2.05) is 0 Å². The molecule has 2 rings (SSSR count). The predicted molar refractivity (Wildman–Crippen MR) is 73.5 cm³/mol. The highest BCUT2D eigenvalue weighted by Gasteiger charge is 2.11. The largest absolute Gasteiger partial charge is 0.481 e. The fourth-order valence-electron chi connectivity index (χ4n) is 2.16. The third-order valence-electron chi connectivity index (χ3n) is 3.04. The lowest BCUT2D eigenvalue weighted by Gasteiger charge is -2.22. The van der Waals surface area contributed by atoms with E-state index in [0.29, 0.717) is 0 Å². The van der Waals surface area contributed by atoms with E-state index in [1.165, 1.54) is 37.7 Å². The minimum absolute atomic E-state index is 0.768. The number of hydrogen-bond acceptors (Lipinski definition) is 2. The van der Waals surface area contributed by atoms with Crippen LogP contribution in [0.3, 0.4) is 0 Å². The van der Waals surface area contributed by atoms with Crippen LogP contribution in [0.2, 0.25) is 0 Å². The second kappa shape index (κ2) is 8.70. The third kappa shape index (κ3) is 7.07. The topological polar surface area (TPSA) is 49.3 Å². The molecule has 0 aliphatic heterocycles. The van der Waals surface area contributed by atoms with Crippen molar-refractivity contribution >= 4 is 5.97 Å². The van der Waals surface area contributed by atoms with Gasteiger partial charge >= 0.3 is 0 Å². The summed E-state index contributed by atoms with van der Waals surface area (Å²) in [6, 6.07) is 11.4. The maximum Gasteiger partial charge on any atom is 0.300 e. The molecule has 100 valence electrons. The van der Waals surface area contributed by atoms with Gasteiger partial charge in [-0.25, -0.2) is 0 Å². The highest BCUT2D eigenvalue weighted by Crippen LogP contribution is 2.17. The molecule has 0 heterocycles. The van der Waals surface area contributed by atoms with E-state index in [-0.39, 0.29) is 0 Å². The van der Waals surface area contributed by atoms with Crippen LogP contribution in [0.25, 0.3) is 0 Å². The molecule has 1 aliphatic rings. The van der Waals surface area contributed by atoms with Gasteiger partial charge in [-0.05, 0) is 18.4 Å². The van der Waals surface area contributed by atoms with E-state index in [2.05, 4.69) is 35.6 Å². The highest BCUT2D eigenvalue weighted by molar-refractivity contribution is 5.62. The van der Waals surface area contributed by atoms with E-state index in [0.717, 1.165) is 19.5 Å². The van der Waals surface area contributed by atoms with Crippen LogP contribution < -0.4 is 5.32 Å². The summed E-state index contributed by atoms with van der Waals surface area (Å²) in [5.41, 5.74) is 1.40. The first kappa shape index (κ1) is 14.7. The lowest BCUT2D eigenvalue weighted by Crippen LogP contribution is -2.30. The molecule has 0 unspecified atom stereocenters. The number of aliphatic carboxylic acids is 1. The summed E-state index contributed by atoms with van der Waals surface area (Å²) in [5.74, 6) is -0.833. The standard InChI is InChI=1S/C13H19N.C2H4O2/c1-3-7-12(8-4-1)11-14-13-9-5-2-6-10-13;1-2(3)4/h1,3-4,7-8,13-14H,2,5-6,9-11H2;1H3,(H,3,4). The van der Waals surface area contributed by atoms with Crippen LogP contribution in [0.4, 0.5) is 0 Å². The fourth-order valence-corrected chi connectivity index (χ4v) is 2.16. The molecule has 2 N–H and O–H groups in total. The van der Waals surface area contributed by atoms with Crippen LogP contribution in [-0.4, -0.2) is 17.1 Å². The van der Waals surface area contributed by atoms with Gasteiger partial charge in [-0.15, -0.1) is 0 Å². The van der Waals surface area contributed by atoms with Gasteiger partial charge in [0.25, 0.3) is 5.97 Å². The number of hydrogen-bond donors (Lipinski definition) is 2. The van der Waals surface area contributed by atoms with E-state index in [4.69, 9.17) is 9.90 Å². The van der Waals surface area contributed by atoms with Crippen molar-refractivity contribution in [2.24, 2.45) is 0 Å². The first-order valence-corrected chi connectivity index (χ1v) is 6.65. The molecule has 18 heavy (non-hydrogen) atoms. The third-order valence-corrected chi connectivity index (χ3v) is 3.04. The Morgan fingerprint density at radius 2 is 1.78 bits per heavy atom. The number of carbonyl (C=O) groups is 1. The summed E-state index contributed by atoms with van der Waals surface area (Å²) >= 11 is 0. The van der Waals surface area contributed by atoms with Gasteiger partial charge < -0.3 is 10.4 Å². The Balaban J connectivity index is 0.000000357. The van der Waals surface area contributed by atoms with Crippen LogP contribution in [0.5, 0.6) is 0 Å². The Labute approximate surface area is 109 Å². The van der Waals surface area contributed by atoms with Gasteiger partial charge in [-0.1, -0.05) is 49.6 Å². The van der Waals surface area contributed by atoms with Crippen molar-refractivity contribution in [2.45, 2.75) is 51.6 Å². The first-order chi connectivity index (χ1) is 8.68. The molecule has 1 aliphatic carbocycles. The van der Waals surface area contributed by atoms with Crippen molar-refractivity contribution in [3.05, 3.63) is 35.9 Å². The Hall–Kier alpha value is -1.35. The number of carboxylic acids is 1. The normalized spacial score (nSPS) is 15.6. The smallest absolute Gasteiger partial charge is 0.300 e. The Morgan fingerprint density at radius 3 is 2.33 bits per heavy atom. The molecule has 1 saturated carbocycles. The Morgan fingerprint density at radius 1 is 1.22 bits per heavy atom. The minimum atomic E-state index is -0.833. The van der Waals surface area contributed by atoms with Gasteiger partial charge in [0.2, 0.25) is 0 Å². The molecular formula is C15H23NO2. The quantitative estimate of drug-likeness (QED) is 0.865. The lowest BCUT2D eigenvalue weighted by molar-refractivity contribution is -0.134. The van der Waals surface area contributed by atoms with Gasteiger partial charge in [0.1, 0.15) is 0 Å². The zero-order valence-electron chi connectivity index (χ0n) is 11.1. The second-order valence-corrected chi connectivity index (χ2v) is 4.72. The summed E-state index contributed by atoms with van der Waals surface area (Å²) in [7, 11) is 0. The molecule has 3 heteroatoms. The Kier molecular flexibility index (Phi) is 7.11. The average Bonchev–Trinajstić information content (AvgIpc) is 2.38. The molecule has 0 amide bonds. The number of carboxylic acid groups (broad SMARTS) is 1. The highest BCUT2D eigenvalue weighted by atomic mass is 16.4. The summed E-state index contributed by atoms with van der Waals surface area (Å²) < 4.78 is 0. The van der Waals surface area contributed by atoms with Crippen molar-refractivity contribution in [1.82, 2.24) is 5.32 Å². The predicted octanol–water partition coefficient (Wildman–Crippen LogP) is 3.20. The van der Waals surface area contributed by atoms with E-state index in [1.54, 1.807) is 0 Å². The van der Waals surface area contributed by atoms with Crippen LogP contribution in [0.15, 0.2) is 30.3 Å². The molecule has 0 bridgehead atoms. The van der Waals surface area contributed by atoms with Crippen molar-refractivity contribution in [3.8, 4) is 0 Å². The van der Waals surface area contributed by atoms with E-state index >= 15 is 0 Å². The SMILES string of the molecule is CC(=O)O.c1ccc(CNC2CCCCC2)cc1. The maximum absolute atomic E-state index is 9.00. The van der Waals surface area contributed by atoms with Crippen molar-refractivity contribution in [3.63, 3.8) is 0 Å². The molecule has 0 atom stereocenters. The number of benzene rings is 1. The monoisotopic (exact) mass is 249 g/mol. The summed E-state index contributed by atoms with van der Waals surface area (Å²) in [6.45, 7) is 2.12. The van der Waals surface area contributed by atoms with E-state index in [9.17, 15) is 0 Å².